The average molecular weight is 465 g/mol. The Bertz CT molecular complexity index is 762. The summed E-state index contributed by atoms with van der Waals surface area (Å²) in [6.07, 6.45) is 22.3. The maximum absolute atomic E-state index is 13.4. The minimum absolute atomic E-state index is 0.00464. The van der Waals surface area contributed by atoms with Gasteiger partial charge >= 0.3 is 0 Å². The highest BCUT2D eigenvalue weighted by Crippen LogP contribution is 2.40. The monoisotopic (exact) mass is 464 g/mol. The fourth-order valence-corrected chi connectivity index (χ4v) is 4.95. The number of hydrogen-bond acceptors (Lipinski definition) is 1. The van der Waals surface area contributed by atoms with Gasteiger partial charge < -0.3 is 0 Å². The van der Waals surface area contributed by atoms with Gasteiger partial charge in [0.1, 0.15) is 0 Å². The summed E-state index contributed by atoms with van der Waals surface area (Å²) >= 11 is 0. The molecule has 190 valence electrons. The zero-order valence-corrected chi connectivity index (χ0v) is 23.4. The van der Waals surface area contributed by atoms with Crippen LogP contribution in [-0.4, -0.2) is 5.78 Å². The van der Waals surface area contributed by atoms with Gasteiger partial charge in [0.2, 0.25) is 0 Å². The molecule has 1 rings (SSSR count). The first kappa shape index (κ1) is 30.1. The number of allylic oxidation sites excluding steroid dienone is 10. The summed E-state index contributed by atoms with van der Waals surface area (Å²) in [6, 6.07) is 0. The number of hydrogen-bond donors (Lipinski definition) is 0. The van der Waals surface area contributed by atoms with Gasteiger partial charge in [-0.05, 0) is 107 Å². The van der Waals surface area contributed by atoms with Crippen LogP contribution in [0, 0.1) is 23.2 Å². The second-order valence-electron chi connectivity index (χ2n) is 11.5. The second-order valence-corrected chi connectivity index (χ2v) is 11.5. The van der Waals surface area contributed by atoms with Gasteiger partial charge in [-0.25, -0.2) is 0 Å². The fourth-order valence-electron chi connectivity index (χ4n) is 4.95. The molecule has 1 aliphatic rings. The quantitative estimate of drug-likeness (QED) is 0.174. The maximum Gasteiger partial charge on any atom is 0.159 e. The van der Waals surface area contributed by atoms with Crippen LogP contribution in [0.4, 0.5) is 0 Å². The summed E-state index contributed by atoms with van der Waals surface area (Å²) < 4.78 is 0. The second kappa shape index (κ2) is 15.2. The van der Waals surface area contributed by atoms with Crippen LogP contribution in [-0.2, 0) is 4.79 Å². The highest BCUT2D eigenvalue weighted by Gasteiger charge is 2.27. The minimum atomic E-state index is 0.00464. The largest absolute Gasteiger partial charge is 0.295 e. The molecule has 0 aromatic carbocycles. The molecule has 0 saturated carbocycles. The topological polar surface area (TPSA) is 17.1 Å². The molecule has 0 heterocycles. The van der Waals surface area contributed by atoms with Crippen LogP contribution in [0.25, 0.3) is 0 Å². The first-order valence-corrected chi connectivity index (χ1v) is 13.5. The Morgan fingerprint density at radius 1 is 0.971 bits per heavy atom. The standard InChI is InChI=1S/C33H52O/c1-10-25(3)15-12-17-27(5)23-30(24-28(6)18-13-16-26(4)11-2)32(34)21-20-31-29(7)19-14-22-33(31,8)9/h10-11,17-18,20-21,25-26,30H,1-2,12-16,19,22-24H2,3-9H3. The van der Waals surface area contributed by atoms with E-state index in [-0.39, 0.29) is 17.1 Å². The van der Waals surface area contributed by atoms with Crippen LogP contribution in [0.15, 0.2) is 71.9 Å². The summed E-state index contributed by atoms with van der Waals surface area (Å²) in [5, 5.41) is 0. The summed E-state index contributed by atoms with van der Waals surface area (Å²) in [5.41, 5.74) is 5.61. The summed E-state index contributed by atoms with van der Waals surface area (Å²) in [4.78, 5) is 13.4. The van der Waals surface area contributed by atoms with Gasteiger partial charge in [-0.2, -0.15) is 0 Å². The lowest BCUT2D eigenvalue weighted by Crippen LogP contribution is -2.20. The fraction of sp³-hybridized carbons (Fsp3) is 0.606. The first-order valence-electron chi connectivity index (χ1n) is 13.5. The molecule has 2 unspecified atom stereocenters. The van der Waals surface area contributed by atoms with Crippen molar-refractivity contribution in [3.8, 4) is 0 Å². The third-order valence-corrected chi connectivity index (χ3v) is 7.53. The number of carbonyl (C=O) groups excluding carboxylic acids is 1. The molecule has 2 atom stereocenters. The minimum Gasteiger partial charge on any atom is -0.295 e. The van der Waals surface area contributed by atoms with Gasteiger partial charge in [0, 0.05) is 5.92 Å². The lowest BCUT2D eigenvalue weighted by molar-refractivity contribution is -0.118. The molecule has 1 heteroatoms. The molecule has 34 heavy (non-hydrogen) atoms. The Hall–Kier alpha value is -1.89. The number of carbonyl (C=O) groups is 1. The van der Waals surface area contributed by atoms with Crippen molar-refractivity contribution in [1.29, 1.82) is 0 Å². The Morgan fingerprint density at radius 3 is 1.91 bits per heavy atom. The van der Waals surface area contributed by atoms with Gasteiger partial charge in [0.15, 0.2) is 5.78 Å². The van der Waals surface area contributed by atoms with E-state index in [9.17, 15) is 4.79 Å². The van der Waals surface area contributed by atoms with E-state index in [2.05, 4.69) is 79.9 Å². The van der Waals surface area contributed by atoms with Crippen molar-refractivity contribution < 1.29 is 4.79 Å². The Labute approximate surface area is 211 Å². The maximum atomic E-state index is 13.4. The van der Waals surface area contributed by atoms with E-state index >= 15 is 0 Å². The number of rotatable bonds is 15. The molecule has 0 spiro atoms. The van der Waals surface area contributed by atoms with Crippen LogP contribution in [0.3, 0.4) is 0 Å². The van der Waals surface area contributed by atoms with Gasteiger partial charge in [0.05, 0.1) is 0 Å². The van der Waals surface area contributed by atoms with Crippen molar-refractivity contribution in [1.82, 2.24) is 0 Å². The predicted molar refractivity (Wildman–Crippen MR) is 152 cm³/mol. The molecule has 0 aromatic rings. The number of ketones is 1. The van der Waals surface area contributed by atoms with Crippen molar-refractivity contribution >= 4 is 5.78 Å². The Morgan fingerprint density at radius 2 is 1.47 bits per heavy atom. The average Bonchev–Trinajstić information content (AvgIpc) is 2.77. The van der Waals surface area contributed by atoms with Crippen LogP contribution in [0.5, 0.6) is 0 Å². The van der Waals surface area contributed by atoms with Crippen molar-refractivity contribution in [2.24, 2.45) is 23.2 Å². The molecule has 0 aromatic heterocycles. The third-order valence-electron chi connectivity index (χ3n) is 7.53. The van der Waals surface area contributed by atoms with Crippen molar-refractivity contribution in [3.05, 3.63) is 71.9 Å². The SMILES string of the molecule is C=CC(C)CCC=C(C)CC(CC(C)=CCCC(C)C=C)C(=O)C=CC1=C(C)CCCC1(C)C. The van der Waals surface area contributed by atoms with Crippen LogP contribution < -0.4 is 0 Å². The van der Waals surface area contributed by atoms with E-state index in [1.165, 1.54) is 35.1 Å². The summed E-state index contributed by atoms with van der Waals surface area (Å²) in [7, 11) is 0. The normalized spacial score (nSPS) is 19.7. The van der Waals surface area contributed by atoms with Crippen molar-refractivity contribution in [2.45, 2.75) is 106 Å². The third kappa shape index (κ3) is 11.0. The van der Waals surface area contributed by atoms with Gasteiger partial charge in [-0.3, -0.25) is 4.79 Å². The van der Waals surface area contributed by atoms with Gasteiger partial charge in [-0.15, -0.1) is 13.2 Å². The van der Waals surface area contributed by atoms with Gasteiger partial charge in [-0.1, -0.05) is 74.8 Å². The molecule has 1 aliphatic carbocycles. The van der Waals surface area contributed by atoms with E-state index in [0.29, 0.717) is 11.8 Å². The van der Waals surface area contributed by atoms with Crippen LogP contribution in [0.1, 0.15) is 106 Å². The highest BCUT2D eigenvalue weighted by molar-refractivity contribution is 5.92. The molecule has 0 N–H and O–H groups in total. The van der Waals surface area contributed by atoms with E-state index in [1.807, 2.05) is 18.2 Å². The molecule has 0 saturated heterocycles. The van der Waals surface area contributed by atoms with E-state index in [0.717, 1.165) is 44.9 Å². The smallest absolute Gasteiger partial charge is 0.159 e. The van der Waals surface area contributed by atoms with Crippen LogP contribution >= 0.6 is 0 Å². The molecule has 0 amide bonds. The van der Waals surface area contributed by atoms with E-state index in [4.69, 9.17) is 0 Å². The molecular formula is C33H52O. The molecule has 1 nitrogen and oxygen atoms in total. The highest BCUT2D eigenvalue weighted by atomic mass is 16.1. The predicted octanol–water partition coefficient (Wildman–Crippen LogP) is 10.1. The summed E-state index contributed by atoms with van der Waals surface area (Å²) in [6.45, 7) is 23.4. The summed E-state index contributed by atoms with van der Waals surface area (Å²) in [5.74, 6) is 1.33. The molecule has 0 radical (unpaired) electrons. The molecular weight excluding hydrogens is 412 g/mol. The molecule has 0 aliphatic heterocycles. The Kier molecular flexibility index (Phi) is 13.5. The Balaban J connectivity index is 2.99. The molecule has 0 bridgehead atoms. The molecule has 0 fully saturated rings. The van der Waals surface area contributed by atoms with Crippen LogP contribution in [0.2, 0.25) is 0 Å². The zero-order chi connectivity index (χ0) is 25.7. The first-order chi connectivity index (χ1) is 16.0. The van der Waals surface area contributed by atoms with Gasteiger partial charge in [0.25, 0.3) is 0 Å². The van der Waals surface area contributed by atoms with E-state index in [1.54, 1.807) is 0 Å². The van der Waals surface area contributed by atoms with Crippen molar-refractivity contribution in [3.63, 3.8) is 0 Å². The lowest BCUT2D eigenvalue weighted by Gasteiger charge is -2.33. The lowest BCUT2D eigenvalue weighted by atomic mass is 9.72. The van der Waals surface area contributed by atoms with E-state index < -0.39 is 0 Å². The zero-order valence-electron chi connectivity index (χ0n) is 23.4. The van der Waals surface area contributed by atoms with Crippen molar-refractivity contribution in [2.75, 3.05) is 0 Å².